The smallest absolute Gasteiger partial charge is 0.177 e. The lowest BCUT2D eigenvalue weighted by atomic mass is 10.1. The van der Waals surface area contributed by atoms with Crippen molar-refractivity contribution in [3.05, 3.63) is 52.0 Å². The summed E-state index contributed by atoms with van der Waals surface area (Å²) in [5.41, 5.74) is 0.966. The topological polar surface area (TPSA) is 30.0 Å². The van der Waals surface area contributed by atoms with Gasteiger partial charge in [0.2, 0.25) is 0 Å². The van der Waals surface area contributed by atoms with E-state index in [1.54, 1.807) is 23.7 Å². The lowest BCUT2D eigenvalue weighted by molar-refractivity contribution is 0.0996. The molecule has 2 nitrogen and oxygen atoms in total. The maximum Gasteiger partial charge on any atom is 0.177 e. The Hall–Kier alpha value is -1.48. The summed E-state index contributed by atoms with van der Waals surface area (Å²) in [5, 5.41) is 0. The van der Waals surface area contributed by atoms with E-state index in [0.717, 1.165) is 10.4 Å². The molecule has 2 heterocycles. The van der Waals surface area contributed by atoms with E-state index in [9.17, 15) is 4.79 Å². The number of Topliss-reactive ketones (excluding diaryl/α,β-unsaturated/α-hetero) is 1. The Morgan fingerprint density at radius 1 is 1.40 bits per heavy atom. The Morgan fingerprint density at radius 3 is 2.87 bits per heavy atom. The van der Waals surface area contributed by atoms with E-state index in [0.29, 0.717) is 6.42 Å². The SMILES string of the molecule is Cc1ccc(C(=O)Cc2cccnc2)s1. The van der Waals surface area contributed by atoms with Crippen LogP contribution in [-0.4, -0.2) is 10.8 Å². The highest BCUT2D eigenvalue weighted by atomic mass is 32.1. The van der Waals surface area contributed by atoms with Gasteiger partial charge in [-0.15, -0.1) is 11.3 Å². The van der Waals surface area contributed by atoms with Gasteiger partial charge in [0.1, 0.15) is 0 Å². The van der Waals surface area contributed by atoms with Crippen molar-refractivity contribution in [3.8, 4) is 0 Å². The molecule has 76 valence electrons. The standard InChI is InChI=1S/C12H11NOS/c1-9-4-5-12(15-9)11(14)7-10-3-2-6-13-8-10/h2-6,8H,7H2,1H3. The molecule has 0 atom stereocenters. The van der Waals surface area contributed by atoms with Gasteiger partial charge >= 0.3 is 0 Å². The number of hydrogen-bond acceptors (Lipinski definition) is 3. The van der Waals surface area contributed by atoms with E-state index in [4.69, 9.17) is 0 Å². The molecule has 2 rings (SSSR count). The molecule has 3 heteroatoms. The van der Waals surface area contributed by atoms with Gasteiger partial charge in [-0.1, -0.05) is 6.07 Å². The molecule has 0 spiro atoms. The van der Waals surface area contributed by atoms with Crippen LogP contribution in [0.5, 0.6) is 0 Å². The summed E-state index contributed by atoms with van der Waals surface area (Å²) in [5.74, 6) is 0.168. The van der Waals surface area contributed by atoms with Crippen LogP contribution in [-0.2, 0) is 6.42 Å². The molecule has 0 aliphatic rings. The Morgan fingerprint density at radius 2 is 2.27 bits per heavy atom. The molecule has 0 N–H and O–H groups in total. The zero-order valence-electron chi connectivity index (χ0n) is 8.43. The number of thiophene rings is 1. The van der Waals surface area contributed by atoms with Gasteiger partial charge in [-0.2, -0.15) is 0 Å². The molecule has 0 aromatic carbocycles. The minimum atomic E-state index is 0.168. The molecule has 0 aliphatic heterocycles. The van der Waals surface area contributed by atoms with Crippen molar-refractivity contribution < 1.29 is 4.79 Å². The largest absolute Gasteiger partial charge is 0.293 e. The maximum atomic E-state index is 11.8. The number of carbonyl (C=O) groups is 1. The first-order valence-electron chi connectivity index (χ1n) is 4.74. The molecular formula is C12H11NOS. The predicted molar refractivity (Wildman–Crippen MR) is 61.3 cm³/mol. The van der Waals surface area contributed by atoms with Gasteiger partial charge in [-0.05, 0) is 30.7 Å². The second-order valence-corrected chi connectivity index (χ2v) is 4.66. The molecule has 0 unspecified atom stereocenters. The third-order valence-corrected chi connectivity index (χ3v) is 3.14. The molecule has 2 aromatic heterocycles. The van der Waals surface area contributed by atoms with Crippen LogP contribution in [0.15, 0.2) is 36.7 Å². The summed E-state index contributed by atoms with van der Waals surface area (Å²) in [6.07, 6.45) is 3.88. The highest BCUT2D eigenvalue weighted by molar-refractivity contribution is 7.14. The Labute approximate surface area is 92.6 Å². The number of aromatic nitrogens is 1. The lowest BCUT2D eigenvalue weighted by Crippen LogP contribution is -2.00. The number of rotatable bonds is 3. The van der Waals surface area contributed by atoms with E-state index >= 15 is 0 Å². The van der Waals surface area contributed by atoms with Gasteiger partial charge in [-0.3, -0.25) is 9.78 Å². The summed E-state index contributed by atoms with van der Waals surface area (Å²) in [4.78, 5) is 17.8. The maximum absolute atomic E-state index is 11.8. The highest BCUT2D eigenvalue weighted by Gasteiger charge is 2.08. The minimum Gasteiger partial charge on any atom is -0.293 e. The fraction of sp³-hybridized carbons (Fsp3) is 0.167. The van der Waals surface area contributed by atoms with Crippen molar-refractivity contribution in [2.45, 2.75) is 13.3 Å². The summed E-state index contributed by atoms with van der Waals surface area (Å²) in [6.45, 7) is 2.01. The second kappa shape index (κ2) is 4.36. The van der Waals surface area contributed by atoms with Crippen molar-refractivity contribution >= 4 is 17.1 Å². The Bertz CT molecular complexity index is 461. The fourth-order valence-electron chi connectivity index (χ4n) is 1.36. The van der Waals surface area contributed by atoms with E-state index in [1.807, 2.05) is 31.2 Å². The second-order valence-electron chi connectivity index (χ2n) is 3.37. The van der Waals surface area contributed by atoms with Gasteiger partial charge in [0.15, 0.2) is 5.78 Å². The Balaban J connectivity index is 2.11. The van der Waals surface area contributed by atoms with Crippen LogP contribution < -0.4 is 0 Å². The van der Waals surface area contributed by atoms with Crippen molar-refractivity contribution in [2.75, 3.05) is 0 Å². The quantitative estimate of drug-likeness (QED) is 0.740. The molecule has 15 heavy (non-hydrogen) atoms. The molecule has 0 saturated carbocycles. The molecule has 0 saturated heterocycles. The van der Waals surface area contributed by atoms with Crippen molar-refractivity contribution in [1.29, 1.82) is 0 Å². The first-order chi connectivity index (χ1) is 7.25. The van der Waals surface area contributed by atoms with E-state index in [1.165, 1.54) is 4.88 Å². The van der Waals surface area contributed by atoms with Crippen LogP contribution in [0, 0.1) is 6.92 Å². The van der Waals surface area contributed by atoms with Crippen LogP contribution in [0.2, 0.25) is 0 Å². The fourth-order valence-corrected chi connectivity index (χ4v) is 2.16. The van der Waals surface area contributed by atoms with Gasteiger partial charge in [0.05, 0.1) is 4.88 Å². The number of pyridine rings is 1. The highest BCUT2D eigenvalue weighted by Crippen LogP contribution is 2.17. The molecule has 2 aromatic rings. The van der Waals surface area contributed by atoms with Crippen LogP contribution in [0.3, 0.4) is 0 Å². The van der Waals surface area contributed by atoms with Crippen LogP contribution in [0.4, 0.5) is 0 Å². The summed E-state index contributed by atoms with van der Waals surface area (Å²) in [7, 11) is 0. The number of hydrogen-bond donors (Lipinski definition) is 0. The number of ketones is 1. The number of nitrogens with zero attached hydrogens (tertiary/aromatic N) is 1. The summed E-state index contributed by atoms with van der Waals surface area (Å²) >= 11 is 1.55. The van der Waals surface area contributed by atoms with Gasteiger partial charge < -0.3 is 0 Å². The zero-order chi connectivity index (χ0) is 10.7. The van der Waals surface area contributed by atoms with Gasteiger partial charge in [0.25, 0.3) is 0 Å². The third-order valence-electron chi connectivity index (χ3n) is 2.10. The van der Waals surface area contributed by atoms with E-state index < -0.39 is 0 Å². The van der Waals surface area contributed by atoms with Crippen LogP contribution in [0.25, 0.3) is 0 Å². The first kappa shape index (κ1) is 10.1. The number of aryl methyl sites for hydroxylation is 1. The van der Waals surface area contributed by atoms with Crippen molar-refractivity contribution in [1.82, 2.24) is 4.98 Å². The molecule has 0 fully saturated rings. The molecule has 0 bridgehead atoms. The van der Waals surface area contributed by atoms with Gasteiger partial charge in [-0.25, -0.2) is 0 Å². The monoisotopic (exact) mass is 217 g/mol. The number of carbonyl (C=O) groups excluding carboxylic acids is 1. The third kappa shape index (κ3) is 2.50. The average Bonchev–Trinajstić information content (AvgIpc) is 2.66. The van der Waals surface area contributed by atoms with Crippen molar-refractivity contribution in [3.63, 3.8) is 0 Å². The van der Waals surface area contributed by atoms with E-state index in [-0.39, 0.29) is 5.78 Å². The normalized spacial score (nSPS) is 10.2. The first-order valence-corrected chi connectivity index (χ1v) is 5.56. The average molecular weight is 217 g/mol. The zero-order valence-corrected chi connectivity index (χ0v) is 9.25. The van der Waals surface area contributed by atoms with Crippen LogP contribution in [0.1, 0.15) is 20.1 Å². The molecule has 0 amide bonds. The summed E-state index contributed by atoms with van der Waals surface area (Å²) in [6, 6.07) is 7.63. The molecular weight excluding hydrogens is 206 g/mol. The predicted octanol–water partition coefficient (Wildman–Crippen LogP) is 2.88. The molecule has 0 radical (unpaired) electrons. The van der Waals surface area contributed by atoms with Gasteiger partial charge in [0, 0.05) is 23.7 Å². The van der Waals surface area contributed by atoms with E-state index in [2.05, 4.69) is 4.98 Å². The Kier molecular flexibility index (Phi) is 2.92. The van der Waals surface area contributed by atoms with Crippen LogP contribution >= 0.6 is 11.3 Å². The van der Waals surface area contributed by atoms with Crippen molar-refractivity contribution in [2.24, 2.45) is 0 Å². The lowest BCUT2D eigenvalue weighted by Gasteiger charge is -1.97. The summed E-state index contributed by atoms with van der Waals surface area (Å²) < 4.78 is 0. The minimum absolute atomic E-state index is 0.168. The molecule has 0 aliphatic carbocycles.